The van der Waals surface area contributed by atoms with Crippen molar-refractivity contribution in [2.45, 2.75) is 58.9 Å². The van der Waals surface area contributed by atoms with Crippen LogP contribution in [0.4, 0.5) is 5.69 Å². The Bertz CT molecular complexity index is 847. The molecule has 0 heterocycles. The first-order chi connectivity index (χ1) is 14.9. The molecule has 2 N–H and O–H groups in total. The molecule has 0 spiro atoms. The summed E-state index contributed by atoms with van der Waals surface area (Å²) in [4.78, 5) is 24.5. The molecule has 0 aliphatic rings. The summed E-state index contributed by atoms with van der Waals surface area (Å²) >= 11 is 0. The highest BCUT2D eigenvalue weighted by atomic mass is 16.5. The number of unbranched alkanes of at least 4 members (excludes halogenated alkanes) is 3. The third kappa shape index (κ3) is 8.32. The van der Waals surface area contributed by atoms with Crippen molar-refractivity contribution < 1.29 is 19.1 Å². The lowest BCUT2D eigenvalue weighted by atomic mass is 10.1. The Labute approximate surface area is 185 Å². The van der Waals surface area contributed by atoms with Gasteiger partial charge in [-0.15, -0.1) is 0 Å². The van der Waals surface area contributed by atoms with Gasteiger partial charge in [0.1, 0.15) is 0 Å². The number of carbonyl (C=O) groups is 2. The van der Waals surface area contributed by atoms with Crippen LogP contribution in [0.15, 0.2) is 42.5 Å². The second kappa shape index (κ2) is 12.6. The van der Waals surface area contributed by atoms with E-state index in [4.69, 9.17) is 9.47 Å². The van der Waals surface area contributed by atoms with E-state index in [0.29, 0.717) is 35.8 Å². The van der Waals surface area contributed by atoms with Gasteiger partial charge in [0.05, 0.1) is 20.1 Å². The summed E-state index contributed by atoms with van der Waals surface area (Å²) in [5, 5.41) is 5.74. The average molecular weight is 427 g/mol. The van der Waals surface area contributed by atoms with E-state index in [1.165, 1.54) is 12.8 Å². The van der Waals surface area contributed by atoms with Gasteiger partial charge in [0.2, 0.25) is 5.91 Å². The van der Waals surface area contributed by atoms with Gasteiger partial charge in [-0.3, -0.25) is 9.59 Å². The van der Waals surface area contributed by atoms with Crippen LogP contribution in [0.3, 0.4) is 0 Å². The Morgan fingerprint density at radius 2 is 1.71 bits per heavy atom. The Kier molecular flexibility index (Phi) is 9.88. The summed E-state index contributed by atoms with van der Waals surface area (Å²) in [5.74, 6) is 0.916. The summed E-state index contributed by atoms with van der Waals surface area (Å²) in [7, 11) is 1.56. The normalized spacial score (nSPS) is 10.6. The first kappa shape index (κ1) is 24.3. The second-order valence-corrected chi connectivity index (χ2v) is 7.82. The highest BCUT2D eigenvalue weighted by molar-refractivity contribution is 6.04. The first-order valence-electron chi connectivity index (χ1n) is 10.9. The highest BCUT2D eigenvalue weighted by Gasteiger charge is 2.12. The number of hydrogen-bond donors (Lipinski definition) is 2. The number of rotatable bonds is 12. The maximum Gasteiger partial charge on any atom is 0.255 e. The predicted molar refractivity (Wildman–Crippen MR) is 124 cm³/mol. The third-order valence-electron chi connectivity index (χ3n) is 4.71. The monoisotopic (exact) mass is 426 g/mol. The van der Waals surface area contributed by atoms with Crippen LogP contribution in [-0.4, -0.2) is 31.6 Å². The summed E-state index contributed by atoms with van der Waals surface area (Å²) in [5.41, 5.74) is 2.03. The van der Waals surface area contributed by atoms with Crippen molar-refractivity contribution in [3.05, 3.63) is 53.6 Å². The maximum absolute atomic E-state index is 12.6. The molecule has 31 heavy (non-hydrogen) atoms. The molecule has 0 bridgehead atoms. The molecule has 2 rings (SSSR count). The van der Waals surface area contributed by atoms with Gasteiger partial charge in [-0.05, 0) is 56.2 Å². The molecule has 0 unspecified atom stereocenters. The van der Waals surface area contributed by atoms with Crippen molar-refractivity contribution in [2.24, 2.45) is 0 Å². The van der Waals surface area contributed by atoms with Crippen molar-refractivity contribution in [3.8, 4) is 11.5 Å². The number of hydrogen-bond acceptors (Lipinski definition) is 4. The van der Waals surface area contributed by atoms with Crippen LogP contribution < -0.4 is 20.1 Å². The highest BCUT2D eigenvalue weighted by Crippen LogP contribution is 2.28. The molecule has 0 saturated carbocycles. The van der Waals surface area contributed by atoms with Crippen LogP contribution >= 0.6 is 0 Å². The van der Waals surface area contributed by atoms with Crippen LogP contribution in [0.5, 0.6) is 11.5 Å². The Morgan fingerprint density at radius 1 is 0.968 bits per heavy atom. The Balaban J connectivity index is 1.94. The molecule has 0 atom stereocenters. The van der Waals surface area contributed by atoms with Crippen molar-refractivity contribution >= 4 is 17.5 Å². The number of amides is 2. The number of carbonyl (C=O) groups excluding carboxylic acids is 2. The van der Waals surface area contributed by atoms with Gasteiger partial charge in [0, 0.05) is 17.3 Å². The zero-order chi connectivity index (χ0) is 22.6. The number of anilines is 1. The molecule has 2 aromatic rings. The summed E-state index contributed by atoms with van der Waals surface area (Å²) in [6, 6.07) is 12.6. The third-order valence-corrected chi connectivity index (χ3v) is 4.71. The quantitative estimate of drug-likeness (QED) is 0.470. The van der Waals surface area contributed by atoms with Gasteiger partial charge < -0.3 is 20.1 Å². The molecule has 0 fully saturated rings. The summed E-state index contributed by atoms with van der Waals surface area (Å²) in [6.07, 6.45) is 4.83. The first-order valence-corrected chi connectivity index (χ1v) is 10.9. The van der Waals surface area contributed by atoms with Crippen LogP contribution in [0.1, 0.15) is 62.4 Å². The van der Waals surface area contributed by atoms with Crippen molar-refractivity contribution in [3.63, 3.8) is 0 Å². The molecule has 0 aliphatic heterocycles. The van der Waals surface area contributed by atoms with E-state index in [0.717, 1.165) is 18.4 Å². The van der Waals surface area contributed by atoms with Crippen molar-refractivity contribution in [2.75, 3.05) is 19.0 Å². The Morgan fingerprint density at radius 3 is 2.35 bits per heavy atom. The molecule has 0 aromatic heterocycles. The van der Waals surface area contributed by atoms with E-state index in [1.807, 2.05) is 26.0 Å². The topological polar surface area (TPSA) is 76.7 Å². The van der Waals surface area contributed by atoms with Crippen molar-refractivity contribution in [1.82, 2.24) is 5.32 Å². The number of nitrogens with one attached hydrogen (secondary N) is 2. The minimum atomic E-state index is -0.238. The van der Waals surface area contributed by atoms with E-state index in [9.17, 15) is 9.59 Å². The molecule has 0 aliphatic carbocycles. The van der Waals surface area contributed by atoms with Crippen LogP contribution in [0.25, 0.3) is 0 Å². The largest absolute Gasteiger partial charge is 0.493 e. The summed E-state index contributed by atoms with van der Waals surface area (Å²) in [6.45, 7) is 6.66. The van der Waals surface area contributed by atoms with E-state index in [1.54, 1.807) is 37.4 Å². The number of methoxy groups -OCH3 is 1. The molecule has 168 valence electrons. The zero-order valence-corrected chi connectivity index (χ0v) is 19.0. The van der Waals surface area contributed by atoms with E-state index in [2.05, 4.69) is 17.6 Å². The molecule has 2 aromatic carbocycles. The van der Waals surface area contributed by atoms with Gasteiger partial charge in [-0.1, -0.05) is 38.3 Å². The fourth-order valence-electron chi connectivity index (χ4n) is 3.11. The van der Waals surface area contributed by atoms with Crippen LogP contribution in [0.2, 0.25) is 0 Å². The van der Waals surface area contributed by atoms with Gasteiger partial charge in [0.15, 0.2) is 11.5 Å². The smallest absolute Gasteiger partial charge is 0.255 e. The van der Waals surface area contributed by atoms with Gasteiger partial charge in [-0.25, -0.2) is 0 Å². The molecular weight excluding hydrogens is 392 g/mol. The van der Waals surface area contributed by atoms with Crippen molar-refractivity contribution in [1.29, 1.82) is 0 Å². The van der Waals surface area contributed by atoms with E-state index >= 15 is 0 Å². The van der Waals surface area contributed by atoms with E-state index < -0.39 is 0 Å². The molecule has 6 nitrogen and oxygen atoms in total. The molecule has 0 radical (unpaired) electrons. The summed E-state index contributed by atoms with van der Waals surface area (Å²) < 4.78 is 11.2. The molecule has 6 heteroatoms. The van der Waals surface area contributed by atoms with Gasteiger partial charge >= 0.3 is 0 Å². The number of benzene rings is 2. The molecular formula is C25H34N2O4. The standard InChI is InChI=1S/C25H34N2O4/c1-5-6-7-8-15-31-22-14-11-20(17-23(22)30-4)25(29)27-21-12-9-19(10-13-21)16-24(28)26-18(2)3/h9-14,17-18H,5-8,15-16H2,1-4H3,(H,26,28)(H,27,29). The lowest BCUT2D eigenvalue weighted by Gasteiger charge is -2.13. The number of ether oxygens (including phenoxy) is 2. The fraction of sp³-hybridized carbons (Fsp3) is 0.440. The average Bonchev–Trinajstić information content (AvgIpc) is 2.74. The van der Waals surface area contributed by atoms with Crippen LogP contribution in [-0.2, 0) is 11.2 Å². The fourth-order valence-corrected chi connectivity index (χ4v) is 3.11. The lowest BCUT2D eigenvalue weighted by molar-refractivity contribution is -0.120. The second-order valence-electron chi connectivity index (χ2n) is 7.82. The minimum absolute atomic E-state index is 0.0217. The zero-order valence-electron chi connectivity index (χ0n) is 19.0. The van der Waals surface area contributed by atoms with E-state index in [-0.39, 0.29) is 17.9 Å². The molecule has 0 saturated heterocycles. The SMILES string of the molecule is CCCCCCOc1ccc(C(=O)Nc2ccc(CC(=O)NC(C)C)cc2)cc1OC. The predicted octanol–water partition coefficient (Wildman–Crippen LogP) is 4.97. The van der Waals surface area contributed by atoms with Gasteiger partial charge in [0.25, 0.3) is 5.91 Å². The van der Waals surface area contributed by atoms with Gasteiger partial charge in [-0.2, -0.15) is 0 Å². The Hall–Kier alpha value is -3.02. The lowest BCUT2D eigenvalue weighted by Crippen LogP contribution is -2.31. The minimum Gasteiger partial charge on any atom is -0.493 e. The maximum atomic E-state index is 12.6. The van der Waals surface area contributed by atoms with Crippen LogP contribution in [0, 0.1) is 0 Å². The molecule has 2 amide bonds.